The van der Waals surface area contributed by atoms with Gasteiger partial charge in [-0.3, -0.25) is 10.1 Å². The third kappa shape index (κ3) is 3.42. The van der Waals surface area contributed by atoms with E-state index in [9.17, 15) is 10.1 Å². The molecule has 0 amide bonds. The van der Waals surface area contributed by atoms with Crippen molar-refractivity contribution in [3.63, 3.8) is 0 Å². The fourth-order valence-electron chi connectivity index (χ4n) is 1.59. The van der Waals surface area contributed by atoms with Crippen molar-refractivity contribution in [2.24, 2.45) is 0 Å². The van der Waals surface area contributed by atoms with Crippen molar-refractivity contribution in [1.29, 1.82) is 0 Å². The molecule has 2 rings (SSSR count). The third-order valence-corrected chi connectivity index (χ3v) is 3.58. The van der Waals surface area contributed by atoms with Crippen LogP contribution in [-0.2, 0) is 5.33 Å². The standard InChI is InChI=1S/C13H8BrCl2NO3/c14-7-8-5-9(15)1-3-12(8)20-13-4-2-10(16)6-11(13)17(18)19/h1-6H,7H2. The molecule has 20 heavy (non-hydrogen) atoms. The van der Waals surface area contributed by atoms with Gasteiger partial charge < -0.3 is 4.74 Å². The molecule has 4 nitrogen and oxygen atoms in total. The largest absolute Gasteiger partial charge is 0.450 e. The molecule has 0 bridgehead atoms. The first kappa shape index (κ1) is 15.1. The highest BCUT2D eigenvalue weighted by molar-refractivity contribution is 9.08. The number of nitro benzene ring substituents is 1. The Labute approximate surface area is 133 Å². The molecule has 0 heterocycles. The van der Waals surface area contributed by atoms with Crippen LogP contribution in [0.4, 0.5) is 5.69 Å². The van der Waals surface area contributed by atoms with Crippen molar-refractivity contribution < 1.29 is 9.66 Å². The lowest BCUT2D eigenvalue weighted by Crippen LogP contribution is -1.95. The molecule has 0 aliphatic carbocycles. The number of ether oxygens (including phenoxy) is 1. The number of alkyl halides is 1. The first-order valence-corrected chi connectivity index (χ1v) is 7.35. The highest BCUT2D eigenvalue weighted by atomic mass is 79.9. The number of nitrogens with zero attached hydrogens (tertiary/aromatic N) is 1. The molecule has 0 radical (unpaired) electrons. The van der Waals surface area contributed by atoms with Crippen molar-refractivity contribution in [2.75, 3.05) is 0 Å². The summed E-state index contributed by atoms with van der Waals surface area (Å²) < 4.78 is 5.61. The number of nitro groups is 1. The van der Waals surface area contributed by atoms with Crippen LogP contribution in [0.1, 0.15) is 5.56 Å². The van der Waals surface area contributed by atoms with E-state index in [-0.39, 0.29) is 16.5 Å². The van der Waals surface area contributed by atoms with Crippen LogP contribution in [0.2, 0.25) is 10.0 Å². The van der Waals surface area contributed by atoms with Crippen molar-refractivity contribution in [1.82, 2.24) is 0 Å². The SMILES string of the molecule is O=[N+]([O-])c1cc(Cl)ccc1Oc1ccc(Cl)cc1CBr. The second kappa shape index (κ2) is 6.43. The summed E-state index contributed by atoms with van der Waals surface area (Å²) in [6.07, 6.45) is 0. The molecule has 0 saturated carbocycles. The van der Waals surface area contributed by atoms with E-state index in [0.29, 0.717) is 16.1 Å². The summed E-state index contributed by atoms with van der Waals surface area (Å²) in [5.41, 5.74) is 0.606. The predicted molar refractivity (Wildman–Crippen MR) is 82.3 cm³/mol. The van der Waals surface area contributed by atoms with Crippen LogP contribution in [-0.4, -0.2) is 4.92 Å². The average molecular weight is 377 g/mol. The van der Waals surface area contributed by atoms with E-state index in [1.807, 2.05) is 0 Å². The molecule has 0 saturated heterocycles. The fraction of sp³-hybridized carbons (Fsp3) is 0.0769. The van der Waals surface area contributed by atoms with Gasteiger partial charge in [0, 0.05) is 27.0 Å². The molecule has 2 aromatic rings. The minimum absolute atomic E-state index is 0.129. The number of hydrogen-bond donors (Lipinski definition) is 0. The molecule has 0 aliphatic heterocycles. The maximum atomic E-state index is 11.0. The molecule has 2 aromatic carbocycles. The lowest BCUT2D eigenvalue weighted by atomic mass is 10.2. The van der Waals surface area contributed by atoms with Gasteiger partial charge in [0.05, 0.1) is 4.92 Å². The maximum Gasteiger partial charge on any atom is 0.313 e. The Bertz CT molecular complexity index is 664. The zero-order valence-corrected chi connectivity index (χ0v) is 13.1. The lowest BCUT2D eigenvalue weighted by molar-refractivity contribution is -0.385. The van der Waals surface area contributed by atoms with Gasteiger partial charge in [-0.2, -0.15) is 0 Å². The Hall–Kier alpha value is -1.30. The Morgan fingerprint density at radius 3 is 2.30 bits per heavy atom. The summed E-state index contributed by atoms with van der Waals surface area (Å²) >= 11 is 15.0. The molecule has 0 aromatic heterocycles. The first-order chi connectivity index (χ1) is 9.51. The smallest absolute Gasteiger partial charge is 0.313 e. The predicted octanol–water partition coefficient (Wildman–Crippen LogP) is 5.59. The van der Waals surface area contributed by atoms with Crippen molar-refractivity contribution in [3.05, 3.63) is 62.1 Å². The summed E-state index contributed by atoms with van der Waals surface area (Å²) in [6.45, 7) is 0. The summed E-state index contributed by atoms with van der Waals surface area (Å²) in [4.78, 5) is 10.5. The quantitative estimate of drug-likeness (QED) is 0.397. The molecule has 0 aliphatic rings. The number of benzene rings is 2. The highest BCUT2D eigenvalue weighted by Gasteiger charge is 2.17. The zero-order chi connectivity index (χ0) is 14.7. The van der Waals surface area contributed by atoms with Crippen LogP contribution < -0.4 is 4.74 Å². The molecular weight excluding hydrogens is 369 g/mol. The third-order valence-electron chi connectivity index (χ3n) is 2.50. The van der Waals surface area contributed by atoms with E-state index in [1.54, 1.807) is 18.2 Å². The van der Waals surface area contributed by atoms with E-state index < -0.39 is 4.92 Å². The van der Waals surface area contributed by atoms with Gasteiger partial charge in [-0.25, -0.2) is 0 Å². The Morgan fingerprint density at radius 2 is 1.70 bits per heavy atom. The van der Waals surface area contributed by atoms with Crippen molar-refractivity contribution in [3.8, 4) is 11.5 Å². The Kier molecular flexibility index (Phi) is 4.86. The monoisotopic (exact) mass is 375 g/mol. The van der Waals surface area contributed by atoms with E-state index >= 15 is 0 Å². The van der Waals surface area contributed by atoms with E-state index in [0.717, 1.165) is 5.56 Å². The topological polar surface area (TPSA) is 52.4 Å². The van der Waals surface area contributed by atoms with Crippen LogP contribution >= 0.6 is 39.1 Å². The second-order valence-corrected chi connectivity index (χ2v) is 5.29. The molecule has 7 heteroatoms. The number of rotatable bonds is 4. The highest BCUT2D eigenvalue weighted by Crippen LogP contribution is 2.36. The van der Waals surface area contributed by atoms with Gasteiger partial charge in [-0.1, -0.05) is 39.1 Å². The molecule has 0 unspecified atom stereocenters. The Balaban J connectivity index is 2.42. The van der Waals surface area contributed by atoms with E-state index in [4.69, 9.17) is 27.9 Å². The number of hydrogen-bond acceptors (Lipinski definition) is 3. The summed E-state index contributed by atoms with van der Waals surface area (Å²) in [5, 5.41) is 12.4. The maximum absolute atomic E-state index is 11.0. The molecular formula is C13H8BrCl2NO3. The summed E-state index contributed by atoms with van der Waals surface area (Å²) in [7, 11) is 0. The van der Waals surface area contributed by atoms with Gasteiger partial charge >= 0.3 is 5.69 Å². The van der Waals surface area contributed by atoms with Gasteiger partial charge in [0.25, 0.3) is 0 Å². The normalized spacial score (nSPS) is 10.3. The zero-order valence-electron chi connectivity index (χ0n) is 9.98. The van der Waals surface area contributed by atoms with Crippen molar-refractivity contribution in [2.45, 2.75) is 5.33 Å². The van der Waals surface area contributed by atoms with Gasteiger partial charge in [0.1, 0.15) is 5.75 Å². The summed E-state index contributed by atoms with van der Waals surface area (Å²) in [6, 6.07) is 9.30. The second-order valence-electron chi connectivity index (χ2n) is 3.86. The summed E-state index contributed by atoms with van der Waals surface area (Å²) in [5.74, 6) is 0.626. The van der Waals surface area contributed by atoms with Crippen LogP contribution in [0.3, 0.4) is 0 Å². The van der Waals surface area contributed by atoms with Gasteiger partial charge in [0.15, 0.2) is 0 Å². The van der Waals surface area contributed by atoms with E-state index in [1.165, 1.54) is 18.2 Å². The average Bonchev–Trinajstić information content (AvgIpc) is 2.42. The van der Waals surface area contributed by atoms with Crippen molar-refractivity contribution >= 4 is 44.8 Å². The van der Waals surface area contributed by atoms with Gasteiger partial charge in [-0.15, -0.1) is 0 Å². The lowest BCUT2D eigenvalue weighted by Gasteiger charge is -2.10. The molecule has 0 spiro atoms. The minimum Gasteiger partial charge on any atom is -0.450 e. The van der Waals surface area contributed by atoms with Crippen LogP contribution in [0.25, 0.3) is 0 Å². The number of halogens is 3. The van der Waals surface area contributed by atoms with Crippen LogP contribution in [0.15, 0.2) is 36.4 Å². The minimum atomic E-state index is -0.537. The van der Waals surface area contributed by atoms with Crippen LogP contribution in [0.5, 0.6) is 11.5 Å². The van der Waals surface area contributed by atoms with Gasteiger partial charge in [0.2, 0.25) is 5.75 Å². The molecule has 104 valence electrons. The molecule has 0 fully saturated rings. The molecule has 0 N–H and O–H groups in total. The fourth-order valence-corrected chi connectivity index (χ4v) is 2.39. The molecule has 0 atom stereocenters. The first-order valence-electron chi connectivity index (χ1n) is 5.47. The van der Waals surface area contributed by atoms with Crippen LogP contribution in [0, 0.1) is 10.1 Å². The Morgan fingerprint density at radius 1 is 1.10 bits per heavy atom. The van der Waals surface area contributed by atoms with Gasteiger partial charge in [-0.05, 0) is 30.3 Å². The van der Waals surface area contributed by atoms with E-state index in [2.05, 4.69) is 15.9 Å².